The minimum atomic E-state index is -0.873. The van der Waals surface area contributed by atoms with Gasteiger partial charge < -0.3 is 15.0 Å². The number of carboxylic acids is 1. The molecule has 1 aromatic heterocycles. The first-order valence-corrected chi connectivity index (χ1v) is 8.25. The van der Waals surface area contributed by atoms with Gasteiger partial charge in [0.2, 0.25) is 5.91 Å². The average Bonchev–Trinajstić information content (AvgIpc) is 2.91. The lowest BCUT2D eigenvalue weighted by atomic mass is 10.0. The van der Waals surface area contributed by atoms with E-state index in [0.29, 0.717) is 26.2 Å². The fourth-order valence-corrected chi connectivity index (χ4v) is 3.48. The predicted octanol–water partition coefficient (Wildman–Crippen LogP) is 2.22. The molecule has 1 aliphatic rings. The highest BCUT2D eigenvalue weighted by Gasteiger charge is 2.32. The first-order valence-electron chi connectivity index (χ1n) is 7.46. The molecule has 0 spiro atoms. The van der Waals surface area contributed by atoms with E-state index in [9.17, 15) is 14.7 Å². The summed E-state index contributed by atoms with van der Waals surface area (Å²) in [5.41, 5.74) is 1.67. The Balaban J connectivity index is 1.91. The molecule has 1 aliphatic heterocycles. The standard InChI is InChI=1S/C16H18BrN3O3/c1-10(21)19-4-6-20(7-5-19)15(16(22)23)13-9-18-14-3-2-11(17)8-12(13)14/h2-3,8-9,15,18H,4-7H2,1H3,(H,22,23)/t15-/m1/s1. The van der Waals surface area contributed by atoms with Crippen molar-refractivity contribution in [2.24, 2.45) is 0 Å². The number of H-pyrrole nitrogens is 1. The predicted molar refractivity (Wildman–Crippen MR) is 90.2 cm³/mol. The van der Waals surface area contributed by atoms with Crippen LogP contribution in [0.3, 0.4) is 0 Å². The van der Waals surface area contributed by atoms with Crippen LogP contribution in [0, 0.1) is 0 Å². The van der Waals surface area contributed by atoms with E-state index in [1.54, 1.807) is 18.0 Å². The summed E-state index contributed by atoms with van der Waals surface area (Å²) in [4.78, 5) is 30.1. The van der Waals surface area contributed by atoms with Crippen LogP contribution in [0.5, 0.6) is 0 Å². The minimum Gasteiger partial charge on any atom is -0.480 e. The SMILES string of the molecule is CC(=O)N1CCN([C@@H](C(=O)O)c2c[nH]c3ccc(Br)cc23)CC1. The first-order chi connectivity index (χ1) is 11.0. The summed E-state index contributed by atoms with van der Waals surface area (Å²) in [6, 6.07) is 5.06. The number of piperazine rings is 1. The van der Waals surface area contributed by atoms with Gasteiger partial charge in [-0.25, -0.2) is 0 Å². The Morgan fingerprint density at radius 3 is 2.57 bits per heavy atom. The molecule has 0 unspecified atom stereocenters. The quantitative estimate of drug-likeness (QED) is 0.856. The van der Waals surface area contributed by atoms with E-state index in [1.807, 2.05) is 23.1 Å². The van der Waals surface area contributed by atoms with Crippen molar-refractivity contribution in [2.75, 3.05) is 26.2 Å². The fourth-order valence-electron chi connectivity index (χ4n) is 3.12. The number of aromatic nitrogens is 1. The molecule has 0 radical (unpaired) electrons. The fraction of sp³-hybridized carbons (Fsp3) is 0.375. The van der Waals surface area contributed by atoms with Gasteiger partial charge >= 0.3 is 5.97 Å². The summed E-state index contributed by atoms with van der Waals surface area (Å²) in [6.07, 6.45) is 1.77. The number of carbonyl (C=O) groups is 2. The van der Waals surface area contributed by atoms with Gasteiger partial charge in [-0.2, -0.15) is 0 Å². The molecular formula is C16H18BrN3O3. The molecule has 6 nitrogen and oxygen atoms in total. The van der Waals surface area contributed by atoms with E-state index in [1.165, 1.54) is 0 Å². The van der Waals surface area contributed by atoms with Crippen molar-refractivity contribution in [2.45, 2.75) is 13.0 Å². The van der Waals surface area contributed by atoms with Gasteiger partial charge in [0, 0.05) is 60.2 Å². The van der Waals surface area contributed by atoms with E-state index in [2.05, 4.69) is 20.9 Å². The lowest BCUT2D eigenvalue weighted by Gasteiger charge is -2.37. The zero-order valence-electron chi connectivity index (χ0n) is 12.8. The normalized spacial score (nSPS) is 17.4. The van der Waals surface area contributed by atoms with Gasteiger partial charge in [0.05, 0.1) is 0 Å². The number of benzene rings is 1. The van der Waals surface area contributed by atoms with E-state index < -0.39 is 12.0 Å². The second-order valence-corrected chi connectivity index (χ2v) is 6.63. The van der Waals surface area contributed by atoms with Crippen LogP contribution in [0.25, 0.3) is 10.9 Å². The summed E-state index contributed by atoms with van der Waals surface area (Å²) in [7, 11) is 0. The van der Waals surface area contributed by atoms with Crippen molar-refractivity contribution in [3.05, 3.63) is 34.4 Å². The molecule has 0 bridgehead atoms. The Bertz CT molecular complexity index is 750. The Kier molecular flexibility index (Phi) is 4.41. The topological polar surface area (TPSA) is 76.6 Å². The maximum atomic E-state index is 11.9. The van der Waals surface area contributed by atoms with E-state index >= 15 is 0 Å². The number of carboxylic acid groups (broad SMARTS) is 1. The highest BCUT2D eigenvalue weighted by molar-refractivity contribution is 9.10. The average molecular weight is 380 g/mol. The second kappa shape index (κ2) is 6.33. The summed E-state index contributed by atoms with van der Waals surface area (Å²) in [5, 5.41) is 10.7. The summed E-state index contributed by atoms with van der Waals surface area (Å²) < 4.78 is 0.913. The molecule has 1 amide bonds. The molecule has 7 heteroatoms. The van der Waals surface area contributed by atoms with Crippen molar-refractivity contribution >= 4 is 38.7 Å². The number of aliphatic carboxylic acids is 1. The third-order valence-electron chi connectivity index (χ3n) is 4.33. The molecule has 3 rings (SSSR count). The van der Waals surface area contributed by atoms with Crippen LogP contribution in [-0.4, -0.2) is 57.9 Å². The van der Waals surface area contributed by atoms with Gasteiger partial charge in [0.25, 0.3) is 0 Å². The molecule has 1 atom stereocenters. The Morgan fingerprint density at radius 1 is 1.26 bits per heavy atom. The van der Waals surface area contributed by atoms with Gasteiger partial charge in [-0.1, -0.05) is 15.9 Å². The monoisotopic (exact) mass is 379 g/mol. The lowest BCUT2D eigenvalue weighted by Crippen LogP contribution is -2.50. The van der Waals surface area contributed by atoms with Crippen LogP contribution in [0.2, 0.25) is 0 Å². The van der Waals surface area contributed by atoms with Crippen LogP contribution in [0.15, 0.2) is 28.9 Å². The van der Waals surface area contributed by atoms with Crippen LogP contribution in [0.1, 0.15) is 18.5 Å². The number of hydrogen-bond donors (Lipinski definition) is 2. The maximum Gasteiger partial charge on any atom is 0.325 e. The Hall–Kier alpha value is -1.86. The zero-order valence-corrected chi connectivity index (χ0v) is 14.3. The Labute approximate surface area is 142 Å². The zero-order chi connectivity index (χ0) is 16.6. The first kappa shape index (κ1) is 16.0. The van der Waals surface area contributed by atoms with Crippen molar-refractivity contribution in [3.63, 3.8) is 0 Å². The van der Waals surface area contributed by atoms with Gasteiger partial charge in [-0.05, 0) is 18.2 Å². The molecule has 2 aromatic rings. The number of halogens is 1. The molecule has 1 fully saturated rings. The van der Waals surface area contributed by atoms with Crippen molar-refractivity contribution < 1.29 is 14.7 Å². The molecule has 2 N–H and O–H groups in total. The Morgan fingerprint density at radius 2 is 1.96 bits per heavy atom. The summed E-state index contributed by atoms with van der Waals surface area (Å²) >= 11 is 3.44. The van der Waals surface area contributed by atoms with Crippen LogP contribution in [-0.2, 0) is 9.59 Å². The highest BCUT2D eigenvalue weighted by Crippen LogP contribution is 2.31. The van der Waals surface area contributed by atoms with Gasteiger partial charge in [-0.3, -0.25) is 14.5 Å². The largest absolute Gasteiger partial charge is 0.480 e. The van der Waals surface area contributed by atoms with E-state index in [4.69, 9.17) is 0 Å². The molecule has 2 heterocycles. The number of fused-ring (bicyclic) bond motifs is 1. The third-order valence-corrected chi connectivity index (χ3v) is 4.82. The van der Waals surface area contributed by atoms with Crippen LogP contribution in [0.4, 0.5) is 0 Å². The van der Waals surface area contributed by atoms with Crippen molar-refractivity contribution in [1.29, 1.82) is 0 Å². The van der Waals surface area contributed by atoms with Crippen LogP contribution < -0.4 is 0 Å². The van der Waals surface area contributed by atoms with E-state index in [-0.39, 0.29) is 5.91 Å². The van der Waals surface area contributed by atoms with Gasteiger partial charge in [-0.15, -0.1) is 0 Å². The van der Waals surface area contributed by atoms with E-state index in [0.717, 1.165) is 20.9 Å². The number of nitrogens with one attached hydrogen (secondary N) is 1. The molecule has 1 aromatic carbocycles. The molecule has 23 heavy (non-hydrogen) atoms. The molecule has 0 saturated carbocycles. The van der Waals surface area contributed by atoms with Crippen molar-refractivity contribution in [3.8, 4) is 0 Å². The van der Waals surface area contributed by atoms with Crippen LogP contribution >= 0.6 is 15.9 Å². The summed E-state index contributed by atoms with van der Waals surface area (Å²) in [5.74, 6) is -0.838. The van der Waals surface area contributed by atoms with Crippen molar-refractivity contribution in [1.82, 2.24) is 14.8 Å². The van der Waals surface area contributed by atoms with Gasteiger partial charge in [0.1, 0.15) is 6.04 Å². The van der Waals surface area contributed by atoms with Gasteiger partial charge in [0.15, 0.2) is 0 Å². The molecule has 1 saturated heterocycles. The number of aromatic amines is 1. The molecule has 0 aliphatic carbocycles. The molecule has 122 valence electrons. The number of rotatable bonds is 3. The summed E-state index contributed by atoms with van der Waals surface area (Å²) in [6.45, 7) is 3.77. The number of amides is 1. The number of nitrogens with zero attached hydrogens (tertiary/aromatic N) is 2. The highest BCUT2D eigenvalue weighted by atomic mass is 79.9. The second-order valence-electron chi connectivity index (χ2n) is 5.72. The number of hydrogen-bond acceptors (Lipinski definition) is 3. The molecular weight excluding hydrogens is 362 g/mol. The third kappa shape index (κ3) is 3.11. The number of carbonyl (C=O) groups excluding carboxylic acids is 1. The minimum absolute atomic E-state index is 0.0348. The maximum absolute atomic E-state index is 11.9. The lowest BCUT2D eigenvalue weighted by molar-refractivity contribution is -0.144. The smallest absolute Gasteiger partial charge is 0.325 e.